The molecule has 2 aromatic carbocycles. The van der Waals surface area contributed by atoms with Gasteiger partial charge in [-0.1, -0.05) is 24.3 Å². The van der Waals surface area contributed by atoms with Crippen LogP contribution in [-0.4, -0.2) is 88.1 Å². The topological polar surface area (TPSA) is 115 Å². The van der Waals surface area contributed by atoms with Crippen molar-refractivity contribution in [2.45, 2.75) is 0 Å². The number of benzene rings is 2. The molecule has 0 atom stereocenters. The number of carbonyl (C=O) groups is 3. The van der Waals surface area contributed by atoms with Gasteiger partial charge in [-0.25, -0.2) is 0 Å². The molecule has 10 heteroatoms. The fourth-order valence-corrected chi connectivity index (χ4v) is 3.17. The monoisotopic (exact) mass is 538 g/mol. The molecule has 208 valence electrons. The molecule has 0 unspecified atom stereocenters. The third kappa shape index (κ3) is 10.8. The lowest BCUT2D eigenvalue weighted by molar-refractivity contribution is -0.136. The number of hydrogen-bond donors (Lipinski definition) is 1. The van der Waals surface area contributed by atoms with E-state index < -0.39 is 17.7 Å². The summed E-state index contributed by atoms with van der Waals surface area (Å²) in [5.41, 5.74) is 1.29. The number of aliphatic hydroxyl groups is 1. The number of hydrogen-bond acceptors (Lipinski definition) is 10. The SMILES string of the molecule is COc1cc(/C=C/C(=O)/C=C(O)/C=C/c2ccc(OC(=O)CN(C)C)c(OC)c2)ccc1OC(=O)CN(C)C. The highest BCUT2D eigenvalue weighted by Crippen LogP contribution is 2.30. The van der Waals surface area contributed by atoms with Crippen molar-refractivity contribution in [1.29, 1.82) is 0 Å². The van der Waals surface area contributed by atoms with E-state index in [4.69, 9.17) is 18.9 Å². The zero-order valence-corrected chi connectivity index (χ0v) is 23.0. The van der Waals surface area contributed by atoms with Crippen molar-refractivity contribution < 1.29 is 38.4 Å². The molecule has 0 saturated heterocycles. The maximum atomic E-state index is 12.3. The first-order valence-corrected chi connectivity index (χ1v) is 11.9. The number of allylic oxidation sites excluding steroid dienone is 3. The molecule has 0 aromatic heterocycles. The van der Waals surface area contributed by atoms with E-state index in [-0.39, 0.29) is 30.3 Å². The van der Waals surface area contributed by atoms with Gasteiger partial charge in [0.1, 0.15) is 5.76 Å². The minimum absolute atomic E-state index is 0.120. The molecular formula is C29H34N2O8. The first-order valence-electron chi connectivity index (χ1n) is 11.9. The molecule has 0 spiro atoms. The normalized spacial score (nSPS) is 11.8. The fraction of sp³-hybridized carbons (Fsp3) is 0.276. The van der Waals surface area contributed by atoms with Crippen molar-refractivity contribution in [3.05, 3.63) is 71.5 Å². The second-order valence-electron chi connectivity index (χ2n) is 8.88. The van der Waals surface area contributed by atoms with Gasteiger partial charge in [0.2, 0.25) is 0 Å². The Morgan fingerprint density at radius 2 is 1.15 bits per heavy atom. The number of likely N-dealkylation sites (N-methyl/N-ethyl adjacent to an activating group) is 2. The molecule has 0 aliphatic rings. The molecule has 0 saturated carbocycles. The summed E-state index contributed by atoms with van der Waals surface area (Å²) in [6.07, 6.45) is 6.84. The Labute approximate surface area is 228 Å². The van der Waals surface area contributed by atoms with Crippen molar-refractivity contribution in [2.75, 3.05) is 55.5 Å². The van der Waals surface area contributed by atoms with Crippen LogP contribution in [0.4, 0.5) is 0 Å². The number of esters is 2. The minimum Gasteiger partial charge on any atom is -0.508 e. The molecule has 0 amide bonds. The Morgan fingerprint density at radius 1 is 0.718 bits per heavy atom. The van der Waals surface area contributed by atoms with E-state index in [2.05, 4.69) is 0 Å². The second-order valence-corrected chi connectivity index (χ2v) is 8.88. The Balaban J connectivity index is 2.05. The van der Waals surface area contributed by atoms with E-state index >= 15 is 0 Å². The highest BCUT2D eigenvalue weighted by molar-refractivity contribution is 6.02. The molecule has 10 nitrogen and oxygen atoms in total. The molecular weight excluding hydrogens is 504 g/mol. The van der Waals surface area contributed by atoms with Crippen LogP contribution in [0.25, 0.3) is 12.2 Å². The first kappa shape index (κ1) is 30.8. The quantitative estimate of drug-likeness (QED) is 0.134. The zero-order valence-electron chi connectivity index (χ0n) is 23.0. The van der Waals surface area contributed by atoms with E-state index in [1.807, 2.05) is 0 Å². The molecule has 39 heavy (non-hydrogen) atoms. The Morgan fingerprint density at radius 3 is 1.56 bits per heavy atom. The van der Waals surface area contributed by atoms with Gasteiger partial charge in [-0.15, -0.1) is 0 Å². The van der Waals surface area contributed by atoms with E-state index in [1.165, 1.54) is 26.4 Å². The van der Waals surface area contributed by atoms with Crippen LogP contribution in [0.3, 0.4) is 0 Å². The number of carbonyl (C=O) groups excluding carboxylic acids is 3. The average molecular weight is 539 g/mol. The molecule has 2 aromatic rings. The molecule has 0 aliphatic carbocycles. The lowest BCUT2D eigenvalue weighted by Gasteiger charge is -2.12. The number of nitrogens with zero attached hydrogens (tertiary/aromatic N) is 2. The van der Waals surface area contributed by atoms with Crippen molar-refractivity contribution in [1.82, 2.24) is 9.80 Å². The van der Waals surface area contributed by atoms with Crippen LogP contribution in [0.2, 0.25) is 0 Å². The first-order chi connectivity index (χ1) is 18.5. The summed E-state index contributed by atoms with van der Waals surface area (Å²) in [7, 11) is 9.94. The highest BCUT2D eigenvalue weighted by Gasteiger charge is 2.12. The van der Waals surface area contributed by atoms with Gasteiger partial charge in [0, 0.05) is 6.08 Å². The second kappa shape index (κ2) is 15.1. The molecule has 2 rings (SSSR count). The number of methoxy groups -OCH3 is 2. The van der Waals surface area contributed by atoms with Crippen molar-refractivity contribution >= 4 is 29.9 Å². The van der Waals surface area contributed by atoms with Crippen LogP contribution in [0.5, 0.6) is 23.0 Å². The van der Waals surface area contributed by atoms with E-state index in [0.717, 1.165) is 6.08 Å². The summed E-state index contributed by atoms with van der Waals surface area (Å²) >= 11 is 0. The highest BCUT2D eigenvalue weighted by atomic mass is 16.6. The summed E-state index contributed by atoms with van der Waals surface area (Å²) in [5.74, 6) is -0.323. The third-order valence-electron chi connectivity index (χ3n) is 4.89. The molecule has 0 fully saturated rings. The molecule has 0 bridgehead atoms. The standard InChI is InChI=1S/C29H34N2O8/c1-30(2)18-28(34)38-24-13-9-20(15-26(24)36-5)7-11-22(32)17-23(33)12-8-21-10-14-25(27(16-21)37-6)39-29(35)19-31(3)4/h7-17,32H,18-19H2,1-6H3/b11-7+,12-8+,22-17-. The van der Waals surface area contributed by atoms with Crippen molar-refractivity contribution in [3.8, 4) is 23.0 Å². The average Bonchev–Trinajstić information content (AvgIpc) is 2.86. The van der Waals surface area contributed by atoms with E-state index in [9.17, 15) is 19.5 Å². The largest absolute Gasteiger partial charge is 0.508 e. The van der Waals surface area contributed by atoms with Crippen LogP contribution >= 0.6 is 0 Å². The van der Waals surface area contributed by atoms with Crippen LogP contribution in [0, 0.1) is 0 Å². The summed E-state index contributed by atoms with van der Waals surface area (Å²) in [5, 5.41) is 10.2. The van der Waals surface area contributed by atoms with E-state index in [1.54, 1.807) is 86.5 Å². The van der Waals surface area contributed by atoms with Gasteiger partial charge >= 0.3 is 11.9 Å². The molecule has 0 aliphatic heterocycles. The van der Waals surface area contributed by atoms with Crippen LogP contribution in [-0.2, 0) is 14.4 Å². The van der Waals surface area contributed by atoms with Crippen molar-refractivity contribution in [3.63, 3.8) is 0 Å². The van der Waals surface area contributed by atoms with Crippen molar-refractivity contribution in [2.24, 2.45) is 0 Å². The Kier molecular flexibility index (Phi) is 11.9. The van der Waals surface area contributed by atoms with Gasteiger partial charge in [0.15, 0.2) is 28.8 Å². The number of ketones is 1. The predicted octanol–water partition coefficient (Wildman–Crippen LogP) is 3.38. The minimum atomic E-state index is -0.446. The predicted molar refractivity (Wildman–Crippen MR) is 148 cm³/mol. The lowest BCUT2D eigenvalue weighted by Crippen LogP contribution is -2.25. The summed E-state index contributed by atoms with van der Waals surface area (Å²) in [6.45, 7) is 0.242. The third-order valence-corrected chi connectivity index (χ3v) is 4.89. The van der Waals surface area contributed by atoms with Crippen LogP contribution < -0.4 is 18.9 Å². The summed E-state index contributed by atoms with van der Waals surface area (Å²) in [4.78, 5) is 39.5. The van der Waals surface area contributed by atoms with Gasteiger partial charge in [0.25, 0.3) is 0 Å². The zero-order chi connectivity index (χ0) is 28.9. The summed E-state index contributed by atoms with van der Waals surface area (Å²) in [6, 6.07) is 9.78. The molecule has 0 radical (unpaired) electrons. The van der Waals surface area contributed by atoms with Gasteiger partial charge in [-0.05, 0) is 75.7 Å². The van der Waals surface area contributed by atoms with E-state index in [0.29, 0.717) is 22.6 Å². The van der Waals surface area contributed by atoms with Gasteiger partial charge in [-0.3, -0.25) is 24.2 Å². The fourth-order valence-electron chi connectivity index (χ4n) is 3.17. The maximum absolute atomic E-state index is 12.3. The van der Waals surface area contributed by atoms with Crippen LogP contribution in [0.1, 0.15) is 11.1 Å². The maximum Gasteiger partial charge on any atom is 0.325 e. The lowest BCUT2D eigenvalue weighted by atomic mass is 10.1. The molecule has 1 N–H and O–H groups in total. The smallest absolute Gasteiger partial charge is 0.325 e. The van der Waals surface area contributed by atoms with Gasteiger partial charge < -0.3 is 24.1 Å². The Hall–Kier alpha value is -4.41. The van der Waals surface area contributed by atoms with Gasteiger partial charge in [-0.2, -0.15) is 0 Å². The number of rotatable bonds is 13. The summed E-state index contributed by atoms with van der Waals surface area (Å²) < 4.78 is 21.2. The Bertz CT molecular complexity index is 1260. The molecule has 0 heterocycles. The van der Waals surface area contributed by atoms with Crippen LogP contribution in [0.15, 0.2) is 60.4 Å². The number of aliphatic hydroxyl groups excluding tert-OH is 1. The number of ether oxygens (including phenoxy) is 4. The van der Waals surface area contributed by atoms with Gasteiger partial charge in [0.05, 0.1) is 27.3 Å².